The van der Waals surface area contributed by atoms with Crippen molar-refractivity contribution in [3.8, 4) is 40.1 Å². The lowest BCUT2D eigenvalue weighted by Gasteiger charge is -2.42. The Labute approximate surface area is 241 Å². The average Bonchev–Trinajstić information content (AvgIpc) is 2.96. The highest BCUT2D eigenvalue weighted by Gasteiger charge is 2.47. The summed E-state index contributed by atoms with van der Waals surface area (Å²) in [5.74, 6) is -3.33. The smallest absolute Gasteiger partial charge is 0.239 e. The second-order valence-electron chi connectivity index (χ2n) is 10.3. The maximum atomic E-state index is 13.6. The highest BCUT2D eigenvalue weighted by molar-refractivity contribution is 5.88. The summed E-state index contributed by atoms with van der Waals surface area (Å²) < 4.78 is 27.8. The van der Waals surface area contributed by atoms with Gasteiger partial charge in [0.05, 0.1) is 12.7 Å². The van der Waals surface area contributed by atoms with Crippen LogP contribution in [0.5, 0.6) is 28.7 Å². The van der Waals surface area contributed by atoms with Gasteiger partial charge in [-0.2, -0.15) is 0 Å². The summed E-state index contributed by atoms with van der Waals surface area (Å²) in [6.07, 6.45) is -16.2. The molecular weight excluding hydrogens is 580 g/mol. The quantitative estimate of drug-likeness (QED) is 0.140. The third-order valence-corrected chi connectivity index (χ3v) is 7.29. The SMILES string of the molecule is CC1OC(OCC2O[C@@H](Oc3c(-c4ccc(O)c(O)c4)oc4cc(O)cc(O)c4c3=O)C(O)C(O)[C@@H]2O)[C@@H](O)C(O)[C@H]1O. The van der Waals surface area contributed by atoms with Crippen LogP contribution in [-0.2, 0) is 14.2 Å². The highest BCUT2D eigenvalue weighted by Crippen LogP contribution is 2.39. The lowest BCUT2D eigenvalue weighted by molar-refractivity contribution is -0.318. The van der Waals surface area contributed by atoms with Crippen LogP contribution in [0.3, 0.4) is 0 Å². The third-order valence-electron chi connectivity index (χ3n) is 7.29. The molecule has 2 aliphatic heterocycles. The molecule has 0 saturated carbocycles. The van der Waals surface area contributed by atoms with E-state index in [-0.39, 0.29) is 11.1 Å². The molecule has 0 spiro atoms. The zero-order valence-corrected chi connectivity index (χ0v) is 22.3. The first kappa shape index (κ1) is 30.7. The molecule has 2 saturated heterocycles. The van der Waals surface area contributed by atoms with E-state index in [4.69, 9.17) is 23.4 Å². The molecule has 43 heavy (non-hydrogen) atoms. The van der Waals surface area contributed by atoms with Crippen molar-refractivity contribution in [3.63, 3.8) is 0 Å². The number of hydrogen-bond acceptors (Lipinski definition) is 16. The van der Waals surface area contributed by atoms with Crippen LogP contribution in [0.25, 0.3) is 22.3 Å². The molecule has 0 bridgehead atoms. The number of phenolic OH excluding ortho intramolecular Hbond substituents is 4. The zero-order chi connectivity index (χ0) is 31.3. The van der Waals surface area contributed by atoms with Crippen LogP contribution in [0.1, 0.15) is 6.92 Å². The maximum Gasteiger partial charge on any atom is 0.239 e. The maximum absolute atomic E-state index is 13.6. The Hall–Kier alpha value is -3.71. The minimum atomic E-state index is -1.97. The summed E-state index contributed by atoms with van der Waals surface area (Å²) in [5, 5.41) is 101. The van der Waals surface area contributed by atoms with E-state index in [9.17, 15) is 55.9 Å². The Morgan fingerprint density at radius 1 is 0.744 bits per heavy atom. The van der Waals surface area contributed by atoms with Crippen molar-refractivity contribution in [2.45, 2.75) is 68.3 Å². The van der Waals surface area contributed by atoms with Gasteiger partial charge in [-0.15, -0.1) is 0 Å². The van der Waals surface area contributed by atoms with Gasteiger partial charge in [-0.3, -0.25) is 4.79 Å². The van der Waals surface area contributed by atoms with E-state index in [2.05, 4.69) is 0 Å². The van der Waals surface area contributed by atoms with Crippen molar-refractivity contribution in [1.82, 2.24) is 0 Å². The lowest BCUT2D eigenvalue weighted by Crippen LogP contribution is -2.61. The molecule has 16 heteroatoms. The number of benzene rings is 2. The molecule has 0 aliphatic carbocycles. The Morgan fingerprint density at radius 3 is 2.12 bits per heavy atom. The second kappa shape index (κ2) is 11.8. The summed E-state index contributed by atoms with van der Waals surface area (Å²) in [6, 6.07) is 5.24. The van der Waals surface area contributed by atoms with Crippen LogP contribution in [-0.4, -0.2) is 119 Å². The predicted octanol–water partition coefficient (Wildman–Crippen LogP) is -1.69. The Balaban J connectivity index is 1.48. The van der Waals surface area contributed by atoms with Crippen LogP contribution >= 0.6 is 0 Å². The largest absolute Gasteiger partial charge is 0.508 e. The molecular formula is C27H30O16. The van der Waals surface area contributed by atoms with Gasteiger partial charge in [-0.1, -0.05) is 0 Å². The molecule has 16 nitrogen and oxygen atoms in total. The average molecular weight is 611 g/mol. The molecule has 0 amide bonds. The molecule has 10 N–H and O–H groups in total. The van der Waals surface area contributed by atoms with Crippen LogP contribution in [0.4, 0.5) is 0 Å². The van der Waals surface area contributed by atoms with Gasteiger partial charge in [0.1, 0.15) is 65.2 Å². The fraction of sp³-hybridized carbons (Fsp3) is 0.444. The number of aromatic hydroxyl groups is 4. The Bertz CT molecular complexity index is 1540. The molecule has 3 aromatic rings. The van der Waals surface area contributed by atoms with E-state index in [1.165, 1.54) is 13.0 Å². The van der Waals surface area contributed by atoms with E-state index in [0.29, 0.717) is 0 Å². The van der Waals surface area contributed by atoms with Crippen molar-refractivity contribution >= 4 is 11.0 Å². The van der Waals surface area contributed by atoms with E-state index >= 15 is 0 Å². The van der Waals surface area contributed by atoms with Gasteiger partial charge in [0.2, 0.25) is 17.5 Å². The van der Waals surface area contributed by atoms with Crippen molar-refractivity contribution in [1.29, 1.82) is 0 Å². The van der Waals surface area contributed by atoms with Gasteiger partial charge in [-0.25, -0.2) is 0 Å². The Kier molecular flexibility index (Phi) is 8.41. The molecule has 234 valence electrons. The van der Waals surface area contributed by atoms with Gasteiger partial charge in [0.15, 0.2) is 23.5 Å². The molecule has 1 aromatic heterocycles. The fourth-order valence-corrected chi connectivity index (χ4v) is 4.84. The van der Waals surface area contributed by atoms with Crippen LogP contribution in [0.15, 0.2) is 39.5 Å². The summed E-state index contributed by atoms with van der Waals surface area (Å²) in [5.41, 5.74) is -1.35. The molecule has 6 unspecified atom stereocenters. The van der Waals surface area contributed by atoms with Crippen molar-refractivity contribution in [2.24, 2.45) is 0 Å². The lowest BCUT2D eigenvalue weighted by atomic mass is 9.98. The van der Waals surface area contributed by atoms with E-state index in [1.807, 2.05) is 0 Å². The highest BCUT2D eigenvalue weighted by atomic mass is 16.7. The number of aliphatic hydroxyl groups excluding tert-OH is 6. The predicted molar refractivity (Wildman–Crippen MR) is 140 cm³/mol. The minimum absolute atomic E-state index is 0.0313. The van der Waals surface area contributed by atoms with Crippen molar-refractivity contribution < 1.29 is 74.4 Å². The number of fused-ring (bicyclic) bond motifs is 1. The number of ether oxygens (including phenoxy) is 4. The van der Waals surface area contributed by atoms with E-state index in [0.717, 1.165) is 24.3 Å². The van der Waals surface area contributed by atoms with Crippen molar-refractivity contribution in [3.05, 3.63) is 40.6 Å². The molecule has 2 aromatic carbocycles. The number of aliphatic hydroxyl groups is 6. The molecule has 2 aliphatic rings. The normalized spacial score (nSPS) is 33.0. The van der Waals surface area contributed by atoms with Crippen LogP contribution in [0.2, 0.25) is 0 Å². The number of hydrogen-bond donors (Lipinski definition) is 10. The van der Waals surface area contributed by atoms with Gasteiger partial charge in [0, 0.05) is 17.7 Å². The van der Waals surface area contributed by atoms with Gasteiger partial charge in [-0.05, 0) is 25.1 Å². The van der Waals surface area contributed by atoms with Gasteiger partial charge >= 0.3 is 0 Å². The zero-order valence-electron chi connectivity index (χ0n) is 22.3. The summed E-state index contributed by atoms with van der Waals surface area (Å²) in [7, 11) is 0. The monoisotopic (exact) mass is 610 g/mol. The molecule has 3 heterocycles. The Morgan fingerprint density at radius 2 is 1.42 bits per heavy atom. The number of rotatable bonds is 6. The van der Waals surface area contributed by atoms with Gasteiger partial charge in [0.25, 0.3) is 0 Å². The summed E-state index contributed by atoms with van der Waals surface area (Å²) in [4.78, 5) is 13.6. The topological polar surface area (TPSA) is 269 Å². The second-order valence-corrected chi connectivity index (χ2v) is 10.3. The first-order chi connectivity index (χ1) is 20.3. The molecule has 10 atom stereocenters. The van der Waals surface area contributed by atoms with Crippen molar-refractivity contribution in [2.75, 3.05) is 6.61 Å². The number of phenols is 4. The van der Waals surface area contributed by atoms with Crippen LogP contribution in [0, 0.1) is 0 Å². The molecule has 5 rings (SSSR count). The summed E-state index contributed by atoms with van der Waals surface area (Å²) in [6.45, 7) is 0.818. The minimum Gasteiger partial charge on any atom is -0.508 e. The molecule has 2 fully saturated rings. The summed E-state index contributed by atoms with van der Waals surface area (Å²) >= 11 is 0. The standard InChI is InChI=1S/C27H30O16/c1-8-17(32)20(35)22(37)26(40-8)39-7-15-18(33)21(36)23(38)27(42-15)43-25-19(34)16-13(31)5-10(28)6-14(16)41-24(25)9-2-3-11(29)12(30)4-9/h2-6,8,15,17-18,20-23,26-33,35-38H,7H2,1H3/t8?,15?,17-,18+,20?,21?,22-,23?,26?,27-/m0/s1. The van der Waals surface area contributed by atoms with Gasteiger partial charge < -0.3 is 74.4 Å². The first-order valence-electron chi connectivity index (χ1n) is 13.0. The van der Waals surface area contributed by atoms with E-state index < -0.39 is 113 Å². The van der Waals surface area contributed by atoms with E-state index in [1.54, 1.807) is 0 Å². The first-order valence-corrected chi connectivity index (χ1v) is 13.0. The fourth-order valence-electron chi connectivity index (χ4n) is 4.84. The van der Waals surface area contributed by atoms with Crippen LogP contribution < -0.4 is 10.2 Å². The third kappa shape index (κ3) is 5.67. The molecule has 0 radical (unpaired) electrons.